The fourth-order valence-corrected chi connectivity index (χ4v) is 4.82. The molecule has 5 nitrogen and oxygen atoms in total. The number of aromatic nitrogens is 3. The van der Waals surface area contributed by atoms with Crippen LogP contribution in [0.5, 0.6) is 0 Å². The Morgan fingerprint density at radius 2 is 2.08 bits per heavy atom. The highest BCUT2D eigenvalue weighted by molar-refractivity contribution is 7.99. The van der Waals surface area contributed by atoms with Crippen LogP contribution in [0.15, 0.2) is 22.7 Å². The summed E-state index contributed by atoms with van der Waals surface area (Å²) < 4.78 is 2.12. The van der Waals surface area contributed by atoms with Gasteiger partial charge in [-0.15, -0.1) is 21.5 Å². The molecule has 0 radical (unpaired) electrons. The third kappa shape index (κ3) is 4.85. The van der Waals surface area contributed by atoms with E-state index in [4.69, 9.17) is 0 Å². The van der Waals surface area contributed by atoms with Gasteiger partial charge in [-0.25, -0.2) is 0 Å². The van der Waals surface area contributed by atoms with Crippen molar-refractivity contribution in [1.29, 1.82) is 0 Å². The van der Waals surface area contributed by atoms with Crippen molar-refractivity contribution in [2.75, 3.05) is 5.75 Å². The lowest BCUT2D eigenvalue weighted by atomic mass is 10.1. The van der Waals surface area contributed by atoms with Crippen LogP contribution in [0.2, 0.25) is 0 Å². The summed E-state index contributed by atoms with van der Waals surface area (Å²) in [5, 5.41) is 14.7. The van der Waals surface area contributed by atoms with Gasteiger partial charge in [-0.1, -0.05) is 43.5 Å². The average Bonchev–Trinajstić information content (AvgIpc) is 3.18. The summed E-state index contributed by atoms with van der Waals surface area (Å²) in [6.07, 6.45) is 7.27. The molecule has 0 aliphatic heterocycles. The molecule has 0 spiro atoms. The monoisotopic (exact) mass is 378 g/mol. The van der Waals surface area contributed by atoms with E-state index >= 15 is 0 Å². The van der Waals surface area contributed by atoms with E-state index in [2.05, 4.69) is 40.0 Å². The quantitative estimate of drug-likeness (QED) is 0.593. The third-order valence-corrected chi connectivity index (χ3v) is 6.28. The van der Waals surface area contributed by atoms with E-state index in [-0.39, 0.29) is 11.9 Å². The minimum absolute atomic E-state index is 0.105. The van der Waals surface area contributed by atoms with Gasteiger partial charge in [-0.3, -0.25) is 9.36 Å². The van der Waals surface area contributed by atoms with Crippen LogP contribution >= 0.6 is 23.1 Å². The summed E-state index contributed by atoms with van der Waals surface area (Å²) in [5.41, 5.74) is 0. The second-order valence-corrected chi connectivity index (χ2v) is 8.68. The second kappa shape index (κ2) is 8.85. The molecule has 25 heavy (non-hydrogen) atoms. The lowest BCUT2D eigenvalue weighted by molar-refractivity contribution is -0.119. The predicted molar refractivity (Wildman–Crippen MR) is 104 cm³/mol. The number of hydrogen-bond donors (Lipinski definition) is 1. The number of hydrogen-bond acceptors (Lipinski definition) is 5. The molecule has 1 aliphatic carbocycles. The molecule has 1 amide bonds. The van der Waals surface area contributed by atoms with Gasteiger partial charge in [0.1, 0.15) is 0 Å². The lowest BCUT2D eigenvalue weighted by Crippen LogP contribution is -2.35. The molecule has 136 valence electrons. The first-order valence-corrected chi connectivity index (χ1v) is 10.9. The van der Waals surface area contributed by atoms with Crippen molar-refractivity contribution in [2.24, 2.45) is 0 Å². The number of thiophene rings is 1. The van der Waals surface area contributed by atoms with Crippen molar-refractivity contribution in [3.63, 3.8) is 0 Å². The first kappa shape index (κ1) is 18.5. The maximum absolute atomic E-state index is 12.3. The zero-order chi connectivity index (χ0) is 17.6. The van der Waals surface area contributed by atoms with Crippen LogP contribution in [0.3, 0.4) is 0 Å². The number of amides is 1. The van der Waals surface area contributed by atoms with E-state index in [1.54, 1.807) is 11.3 Å². The van der Waals surface area contributed by atoms with Gasteiger partial charge < -0.3 is 5.32 Å². The lowest BCUT2D eigenvalue weighted by Gasteiger charge is -2.16. The van der Waals surface area contributed by atoms with Crippen LogP contribution in [0.1, 0.15) is 58.4 Å². The van der Waals surface area contributed by atoms with Crippen LogP contribution in [0, 0.1) is 0 Å². The number of rotatable bonds is 6. The molecule has 0 saturated heterocycles. The molecule has 7 heteroatoms. The van der Waals surface area contributed by atoms with Crippen molar-refractivity contribution >= 4 is 29.0 Å². The maximum Gasteiger partial charge on any atom is 0.230 e. The molecule has 0 atom stereocenters. The fourth-order valence-electron chi connectivity index (χ4n) is 3.24. The Balaban J connectivity index is 1.62. The van der Waals surface area contributed by atoms with Gasteiger partial charge in [-0.2, -0.15) is 0 Å². The van der Waals surface area contributed by atoms with Crippen LogP contribution in [0.25, 0.3) is 10.7 Å². The highest BCUT2D eigenvalue weighted by atomic mass is 32.2. The molecule has 2 aromatic rings. The average molecular weight is 379 g/mol. The molecular formula is C18H26N4OS2. The Bertz CT molecular complexity index is 673. The van der Waals surface area contributed by atoms with Gasteiger partial charge in [0.25, 0.3) is 0 Å². The van der Waals surface area contributed by atoms with Crippen LogP contribution < -0.4 is 5.32 Å². The first-order valence-electron chi connectivity index (χ1n) is 9.06. The predicted octanol–water partition coefficient (Wildman–Crippen LogP) is 4.52. The van der Waals surface area contributed by atoms with Crippen molar-refractivity contribution in [2.45, 2.75) is 69.6 Å². The molecule has 1 N–H and O–H groups in total. The van der Waals surface area contributed by atoms with Crippen LogP contribution in [-0.2, 0) is 4.79 Å². The molecule has 2 heterocycles. The smallest absolute Gasteiger partial charge is 0.230 e. The highest BCUT2D eigenvalue weighted by Gasteiger charge is 2.19. The molecule has 0 aromatic carbocycles. The van der Waals surface area contributed by atoms with Crippen molar-refractivity contribution in [3.05, 3.63) is 17.5 Å². The third-order valence-electron chi connectivity index (χ3n) is 4.48. The van der Waals surface area contributed by atoms with E-state index in [0.717, 1.165) is 28.7 Å². The summed E-state index contributed by atoms with van der Waals surface area (Å²) in [5.74, 6) is 1.38. The SMILES string of the molecule is CC(C)n1c(SCC(=O)NC2CCCCCC2)nnc1-c1cccs1. The van der Waals surface area contributed by atoms with Gasteiger partial charge in [0.2, 0.25) is 5.91 Å². The van der Waals surface area contributed by atoms with E-state index in [9.17, 15) is 4.79 Å². The molecule has 0 bridgehead atoms. The second-order valence-electron chi connectivity index (χ2n) is 6.79. The normalized spacial score (nSPS) is 16.1. The molecular weight excluding hydrogens is 352 g/mol. The van der Waals surface area contributed by atoms with E-state index < -0.39 is 0 Å². The van der Waals surface area contributed by atoms with Gasteiger partial charge in [0.15, 0.2) is 11.0 Å². The summed E-state index contributed by atoms with van der Waals surface area (Å²) in [4.78, 5) is 13.4. The Hall–Kier alpha value is -1.34. The Kier molecular flexibility index (Phi) is 6.53. The highest BCUT2D eigenvalue weighted by Crippen LogP contribution is 2.30. The molecule has 3 rings (SSSR count). The van der Waals surface area contributed by atoms with Gasteiger partial charge >= 0.3 is 0 Å². The Morgan fingerprint density at radius 1 is 1.32 bits per heavy atom. The number of carbonyl (C=O) groups is 1. The Labute approximate surface area is 157 Å². The fraction of sp³-hybridized carbons (Fsp3) is 0.611. The minimum atomic E-state index is 0.105. The minimum Gasteiger partial charge on any atom is -0.353 e. The summed E-state index contributed by atoms with van der Waals surface area (Å²) in [6, 6.07) is 4.67. The molecule has 2 aromatic heterocycles. The van der Waals surface area contributed by atoms with Crippen molar-refractivity contribution in [1.82, 2.24) is 20.1 Å². The van der Waals surface area contributed by atoms with Crippen molar-refractivity contribution < 1.29 is 4.79 Å². The van der Waals surface area contributed by atoms with Crippen molar-refractivity contribution in [3.8, 4) is 10.7 Å². The number of thioether (sulfide) groups is 1. The summed E-state index contributed by atoms with van der Waals surface area (Å²) in [6.45, 7) is 4.24. The first-order chi connectivity index (χ1) is 12.1. The van der Waals surface area contributed by atoms with E-state index in [0.29, 0.717) is 11.8 Å². The molecule has 1 fully saturated rings. The molecule has 1 saturated carbocycles. The van der Waals surface area contributed by atoms with E-state index in [1.807, 2.05) is 11.4 Å². The van der Waals surface area contributed by atoms with Gasteiger partial charge in [0.05, 0.1) is 10.6 Å². The molecule has 0 unspecified atom stereocenters. The largest absolute Gasteiger partial charge is 0.353 e. The van der Waals surface area contributed by atoms with Crippen LogP contribution in [-0.4, -0.2) is 32.5 Å². The maximum atomic E-state index is 12.3. The standard InChI is InChI=1S/C18H26N4OS2/c1-13(2)22-17(15-10-7-11-24-15)20-21-18(22)25-12-16(23)19-14-8-5-3-4-6-9-14/h7,10-11,13-14H,3-6,8-9,12H2,1-2H3,(H,19,23). The zero-order valence-electron chi connectivity index (χ0n) is 14.9. The number of nitrogens with zero attached hydrogens (tertiary/aromatic N) is 3. The number of carbonyl (C=O) groups excluding carboxylic acids is 1. The van der Waals surface area contributed by atoms with Gasteiger partial charge in [0, 0.05) is 12.1 Å². The molecule has 1 aliphatic rings. The Morgan fingerprint density at radius 3 is 2.72 bits per heavy atom. The van der Waals surface area contributed by atoms with E-state index in [1.165, 1.54) is 37.4 Å². The summed E-state index contributed by atoms with van der Waals surface area (Å²) >= 11 is 3.14. The summed E-state index contributed by atoms with van der Waals surface area (Å²) in [7, 11) is 0. The zero-order valence-corrected chi connectivity index (χ0v) is 16.5. The number of nitrogens with one attached hydrogen (secondary N) is 1. The topological polar surface area (TPSA) is 59.8 Å². The van der Waals surface area contributed by atoms with Gasteiger partial charge in [-0.05, 0) is 38.1 Å². The van der Waals surface area contributed by atoms with Crippen LogP contribution in [0.4, 0.5) is 0 Å².